The summed E-state index contributed by atoms with van der Waals surface area (Å²) in [5.74, 6) is 0. The van der Waals surface area contributed by atoms with Crippen molar-refractivity contribution < 1.29 is 18.3 Å². The minimum Gasteiger partial charge on any atom is -0.382 e. The van der Waals surface area contributed by atoms with Crippen molar-refractivity contribution in [1.29, 1.82) is 0 Å². The largest absolute Gasteiger partial charge is 0.415 e. The van der Waals surface area contributed by atoms with Gasteiger partial charge in [0.25, 0.3) is 0 Å². The first-order chi connectivity index (χ1) is 7.48. The molecule has 6 heteroatoms. The molecule has 0 bridgehead atoms. The quantitative estimate of drug-likeness (QED) is 0.761. The number of halogens is 3. The molecule has 2 fully saturated rings. The van der Waals surface area contributed by atoms with Gasteiger partial charge in [0.15, 0.2) is 6.10 Å². The van der Waals surface area contributed by atoms with Crippen molar-refractivity contribution in [2.24, 2.45) is 0 Å². The Labute approximate surface area is 92.6 Å². The molecular formula is C10H17F3N2O. The van der Waals surface area contributed by atoms with Crippen molar-refractivity contribution in [1.82, 2.24) is 10.2 Å². The van der Waals surface area contributed by atoms with Gasteiger partial charge < -0.3 is 10.4 Å². The van der Waals surface area contributed by atoms with Gasteiger partial charge in [-0.3, -0.25) is 4.90 Å². The van der Waals surface area contributed by atoms with Crippen LogP contribution in [0.15, 0.2) is 0 Å². The smallest absolute Gasteiger partial charge is 0.382 e. The number of aliphatic hydroxyl groups is 1. The lowest BCUT2D eigenvalue weighted by Gasteiger charge is -2.23. The van der Waals surface area contributed by atoms with Crippen molar-refractivity contribution in [2.45, 2.75) is 43.6 Å². The molecule has 2 saturated heterocycles. The van der Waals surface area contributed by atoms with E-state index in [1.165, 1.54) is 0 Å². The number of hydrogen-bond donors (Lipinski definition) is 2. The molecule has 2 aliphatic heterocycles. The van der Waals surface area contributed by atoms with Crippen LogP contribution in [0.5, 0.6) is 0 Å². The molecule has 3 unspecified atom stereocenters. The van der Waals surface area contributed by atoms with Gasteiger partial charge in [0.05, 0.1) is 0 Å². The molecule has 2 rings (SSSR count). The zero-order chi connectivity index (χ0) is 11.8. The summed E-state index contributed by atoms with van der Waals surface area (Å²) in [5, 5.41) is 11.7. The Hall–Kier alpha value is -0.330. The average Bonchev–Trinajstić information content (AvgIpc) is 2.74. The average molecular weight is 238 g/mol. The maximum atomic E-state index is 12.1. The zero-order valence-electron chi connectivity index (χ0n) is 9.00. The summed E-state index contributed by atoms with van der Waals surface area (Å²) >= 11 is 0. The number of hydrogen-bond acceptors (Lipinski definition) is 3. The van der Waals surface area contributed by atoms with Crippen LogP contribution in [0.25, 0.3) is 0 Å². The number of rotatable bonds is 3. The highest BCUT2D eigenvalue weighted by Crippen LogP contribution is 2.28. The second kappa shape index (κ2) is 4.50. The first-order valence-electron chi connectivity index (χ1n) is 5.70. The Balaban J connectivity index is 1.78. The molecule has 0 aliphatic carbocycles. The van der Waals surface area contributed by atoms with Crippen LogP contribution in [0.4, 0.5) is 13.2 Å². The fourth-order valence-electron chi connectivity index (χ4n) is 2.70. The Morgan fingerprint density at radius 2 is 2.06 bits per heavy atom. The maximum Gasteiger partial charge on any atom is 0.415 e. The van der Waals surface area contributed by atoms with Crippen molar-refractivity contribution in [3.05, 3.63) is 0 Å². The molecule has 2 aliphatic rings. The van der Waals surface area contributed by atoms with Gasteiger partial charge in [-0.25, -0.2) is 0 Å². The highest BCUT2D eigenvalue weighted by atomic mass is 19.4. The molecule has 3 nitrogen and oxygen atoms in total. The van der Waals surface area contributed by atoms with Crippen LogP contribution in [0.1, 0.15) is 19.3 Å². The predicted molar refractivity (Wildman–Crippen MR) is 53.1 cm³/mol. The topological polar surface area (TPSA) is 35.5 Å². The molecule has 16 heavy (non-hydrogen) atoms. The summed E-state index contributed by atoms with van der Waals surface area (Å²) in [5.41, 5.74) is 0. The first kappa shape index (κ1) is 12.1. The van der Waals surface area contributed by atoms with Crippen LogP contribution in [-0.2, 0) is 0 Å². The summed E-state index contributed by atoms with van der Waals surface area (Å²) < 4.78 is 36.3. The van der Waals surface area contributed by atoms with Gasteiger partial charge in [-0.1, -0.05) is 0 Å². The van der Waals surface area contributed by atoms with Crippen LogP contribution >= 0.6 is 0 Å². The molecule has 0 aromatic rings. The summed E-state index contributed by atoms with van der Waals surface area (Å²) in [4.78, 5) is 2.32. The monoisotopic (exact) mass is 238 g/mol. The predicted octanol–water partition coefficient (Wildman–Crippen LogP) is 0.736. The number of aliphatic hydroxyl groups excluding tert-OH is 1. The third-order valence-electron chi connectivity index (χ3n) is 3.56. The molecule has 3 atom stereocenters. The van der Waals surface area contributed by atoms with Crippen molar-refractivity contribution in [3.8, 4) is 0 Å². The van der Waals surface area contributed by atoms with Gasteiger partial charge in [0.1, 0.15) is 0 Å². The molecule has 2 heterocycles. The highest BCUT2D eigenvalue weighted by Gasteiger charge is 2.41. The second-order valence-corrected chi connectivity index (χ2v) is 4.61. The third-order valence-corrected chi connectivity index (χ3v) is 3.56. The van der Waals surface area contributed by atoms with Gasteiger partial charge in [0.2, 0.25) is 0 Å². The molecule has 94 valence electrons. The van der Waals surface area contributed by atoms with E-state index in [0.29, 0.717) is 6.04 Å². The molecular weight excluding hydrogens is 221 g/mol. The standard InChI is InChI=1S/C10H17F3N2O/c11-10(12,13)9(16)6-14-7-3-5-15-4-1-2-8(7)15/h7-9,14,16H,1-6H2. The third kappa shape index (κ3) is 2.49. The van der Waals surface area contributed by atoms with Crippen LogP contribution < -0.4 is 5.32 Å². The van der Waals surface area contributed by atoms with Gasteiger partial charge in [-0.05, 0) is 25.8 Å². The lowest BCUT2D eigenvalue weighted by atomic mass is 10.1. The lowest BCUT2D eigenvalue weighted by molar-refractivity contribution is -0.202. The van der Waals surface area contributed by atoms with Gasteiger partial charge >= 0.3 is 6.18 Å². The van der Waals surface area contributed by atoms with Gasteiger partial charge in [-0.2, -0.15) is 13.2 Å². The molecule has 2 N–H and O–H groups in total. The van der Waals surface area contributed by atoms with E-state index in [2.05, 4.69) is 10.2 Å². The van der Waals surface area contributed by atoms with Crippen LogP contribution in [0.2, 0.25) is 0 Å². The Bertz CT molecular complexity index is 247. The van der Waals surface area contributed by atoms with E-state index >= 15 is 0 Å². The lowest BCUT2D eigenvalue weighted by Crippen LogP contribution is -2.46. The molecule has 0 radical (unpaired) electrons. The highest BCUT2D eigenvalue weighted by molar-refractivity contribution is 4.95. The van der Waals surface area contributed by atoms with Crippen LogP contribution in [-0.4, -0.2) is 54.0 Å². The molecule has 0 amide bonds. The summed E-state index contributed by atoms with van der Waals surface area (Å²) in [6.07, 6.45) is -3.69. The van der Waals surface area contributed by atoms with E-state index in [-0.39, 0.29) is 6.04 Å². The Morgan fingerprint density at radius 3 is 2.75 bits per heavy atom. The normalized spacial score (nSPS) is 33.0. The summed E-state index contributed by atoms with van der Waals surface area (Å²) in [6.45, 7) is 1.63. The summed E-state index contributed by atoms with van der Waals surface area (Å²) in [6, 6.07) is 0.486. The van der Waals surface area contributed by atoms with E-state index in [1.54, 1.807) is 0 Å². The van der Waals surface area contributed by atoms with E-state index in [9.17, 15) is 13.2 Å². The number of fused-ring (bicyclic) bond motifs is 1. The molecule has 0 spiro atoms. The SMILES string of the molecule is OC(CNC1CCN2CCCC12)C(F)(F)F. The van der Waals surface area contributed by atoms with Gasteiger partial charge in [0, 0.05) is 25.2 Å². The van der Waals surface area contributed by atoms with Crippen LogP contribution in [0, 0.1) is 0 Å². The van der Waals surface area contributed by atoms with Crippen molar-refractivity contribution in [2.75, 3.05) is 19.6 Å². The van der Waals surface area contributed by atoms with Gasteiger partial charge in [-0.15, -0.1) is 0 Å². The summed E-state index contributed by atoms with van der Waals surface area (Å²) in [7, 11) is 0. The number of nitrogens with one attached hydrogen (secondary N) is 1. The zero-order valence-corrected chi connectivity index (χ0v) is 9.00. The van der Waals surface area contributed by atoms with Crippen LogP contribution in [0.3, 0.4) is 0 Å². The van der Waals surface area contributed by atoms with E-state index in [4.69, 9.17) is 5.11 Å². The minimum atomic E-state index is -4.51. The fourth-order valence-corrected chi connectivity index (χ4v) is 2.70. The molecule has 0 saturated carbocycles. The number of nitrogens with zero attached hydrogens (tertiary/aromatic N) is 1. The molecule has 0 aromatic carbocycles. The molecule has 0 aromatic heterocycles. The van der Waals surface area contributed by atoms with E-state index < -0.39 is 18.8 Å². The fraction of sp³-hybridized carbons (Fsp3) is 1.00. The second-order valence-electron chi connectivity index (χ2n) is 4.61. The maximum absolute atomic E-state index is 12.1. The number of alkyl halides is 3. The minimum absolute atomic E-state index is 0.111. The van der Waals surface area contributed by atoms with E-state index in [0.717, 1.165) is 32.4 Å². The van der Waals surface area contributed by atoms with Crippen molar-refractivity contribution in [3.63, 3.8) is 0 Å². The van der Waals surface area contributed by atoms with Crippen molar-refractivity contribution >= 4 is 0 Å². The van der Waals surface area contributed by atoms with E-state index in [1.807, 2.05) is 0 Å². The first-order valence-corrected chi connectivity index (χ1v) is 5.70. The Morgan fingerprint density at radius 1 is 1.31 bits per heavy atom. The Kier molecular flexibility index (Phi) is 3.42.